The quantitative estimate of drug-likeness (QED) is 0.731. The molecule has 0 aromatic carbocycles. The zero-order valence-corrected chi connectivity index (χ0v) is 4.48. The van der Waals surface area contributed by atoms with Crippen molar-refractivity contribution in [3.05, 3.63) is 0 Å². The van der Waals surface area contributed by atoms with E-state index in [2.05, 4.69) is 0 Å². The minimum absolute atomic E-state index is 0. The average molecular weight is 220 g/mol. The van der Waals surface area contributed by atoms with Crippen molar-refractivity contribution in [1.82, 2.24) is 0 Å². The van der Waals surface area contributed by atoms with E-state index in [0.717, 1.165) is 12.8 Å². The van der Waals surface area contributed by atoms with E-state index in [1.54, 1.807) is 0 Å². The molecule has 0 amide bonds. The van der Waals surface area contributed by atoms with Crippen LogP contribution in [0.5, 0.6) is 0 Å². The molecule has 0 rings (SSSR count). The third-order valence-corrected chi connectivity index (χ3v) is 0.744. The molecule has 3 heteroatoms. The van der Waals surface area contributed by atoms with Crippen molar-refractivity contribution in [2.24, 2.45) is 0 Å². The first-order valence-electron chi connectivity index (χ1n) is 2.49. The van der Waals surface area contributed by atoms with Gasteiger partial charge >= 0.3 is 31.8 Å². The van der Waals surface area contributed by atoms with E-state index < -0.39 is 5.97 Å². The van der Waals surface area contributed by atoms with Crippen molar-refractivity contribution < 1.29 is 9.90 Å². The zero-order chi connectivity index (χ0) is 5.70. The second kappa shape index (κ2) is 7.34. The van der Waals surface area contributed by atoms with Gasteiger partial charge in [-0.25, -0.2) is 0 Å². The van der Waals surface area contributed by atoms with Gasteiger partial charge in [-0.2, -0.15) is 0 Å². The monoisotopic (exact) mass is 220 g/mol. The molecule has 0 aliphatic heterocycles. The summed E-state index contributed by atoms with van der Waals surface area (Å²) in [5.41, 5.74) is 0. The molecule has 8 heavy (non-hydrogen) atoms. The van der Waals surface area contributed by atoms with Gasteiger partial charge in [0.05, 0.1) is 0 Å². The van der Waals surface area contributed by atoms with Crippen molar-refractivity contribution in [3.63, 3.8) is 0 Å². The molecule has 0 saturated heterocycles. The van der Waals surface area contributed by atoms with Crippen LogP contribution in [0.2, 0.25) is 0 Å². The molecule has 0 heterocycles. The number of carboxylic acid groups (broad SMARTS) is 1. The topological polar surface area (TPSA) is 37.3 Å². The van der Waals surface area contributed by atoms with Gasteiger partial charge in [0.25, 0.3) is 0 Å². The molecule has 1 N–H and O–H groups in total. The summed E-state index contributed by atoms with van der Waals surface area (Å²) >= 11 is 0. The Kier molecular flexibility index (Phi) is 10.3. The van der Waals surface area contributed by atoms with E-state index in [1.807, 2.05) is 6.92 Å². The van der Waals surface area contributed by atoms with Gasteiger partial charge < -0.3 is 5.11 Å². The van der Waals surface area contributed by atoms with Crippen LogP contribution >= 0.6 is 0 Å². The van der Waals surface area contributed by atoms with Gasteiger partial charge in [-0.3, -0.25) is 4.79 Å². The summed E-state index contributed by atoms with van der Waals surface area (Å²) in [6.45, 7) is 1.98. The van der Waals surface area contributed by atoms with Crippen LogP contribution in [0.15, 0.2) is 0 Å². The normalized spacial score (nSPS) is 7.62. The fraction of sp³-hybridized carbons (Fsp3) is 0.800. The Morgan fingerprint density at radius 3 is 2.25 bits per heavy atom. The number of hydrogen-bond donors (Lipinski definition) is 1. The van der Waals surface area contributed by atoms with Gasteiger partial charge in [0, 0.05) is 6.42 Å². The summed E-state index contributed by atoms with van der Waals surface area (Å²) in [7, 11) is 0. The summed E-state index contributed by atoms with van der Waals surface area (Å²) in [4.78, 5) is 9.76. The third-order valence-electron chi connectivity index (χ3n) is 0.744. The van der Waals surface area contributed by atoms with E-state index in [0.29, 0.717) is 6.42 Å². The molecule has 0 aliphatic carbocycles. The van der Waals surface area contributed by atoms with Gasteiger partial charge in [-0.1, -0.05) is 13.3 Å². The second-order valence-corrected chi connectivity index (χ2v) is 1.50. The van der Waals surface area contributed by atoms with Crippen molar-refractivity contribution in [2.75, 3.05) is 0 Å². The zero-order valence-electron chi connectivity index (χ0n) is 4.48. The number of aliphatic carboxylic acids is 1. The van der Waals surface area contributed by atoms with Gasteiger partial charge in [-0.15, -0.1) is 0 Å². The van der Waals surface area contributed by atoms with E-state index in [1.165, 1.54) is 0 Å². The molecule has 0 aromatic heterocycles. The van der Waals surface area contributed by atoms with Crippen LogP contribution in [-0.4, -0.2) is 36.9 Å². The Morgan fingerprint density at radius 1 is 1.62 bits per heavy atom. The molecule has 0 saturated carbocycles. The maximum absolute atomic E-state index is 9.76. The van der Waals surface area contributed by atoms with E-state index in [9.17, 15) is 4.79 Å². The van der Waals surface area contributed by atoms with Crippen molar-refractivity contribution in [3.8, 4) is 0 Å². The van der Waals surface area contributed by atoms with Crippen LogP contribution in [-0.2, 0) is 4.79 Å². The number of rotatable bonds is 3. The summed E-state index contributed by atoms with van der Waals surface area (Å²) < 4.78 is 0. The van der Waals surface area contributed by atoms with Crippen LogP contribution in [0.4, 0.5) is 0 Å². The Bertz CT molecular complexity index is 63.4. The number of unbranched alkanes of at least 4 members (excludes halogenated alkanes) is 1. The van der Waals surface area contributed by atoms with Gasteiger partial charge in [0.1, 0.15) is 0 Å². The van der Waals surface area contributed by atoms with Crippen LogP contribution in [0.1, 0.15) is 26.2 Å². The van der Waals surface area contributed by atoms with E-state index >= 15 is 0 Å². The molecule has 0 atom stereocenters. The molecule has 0 spiro atoms. The molecule has 0 aromatic rings. The molecule has 0 aliphatic rings. The second-order valence-electron chi connectivity index (χ2n) is 1.50. The summed E-state index contributed by atoms with van der Waals surface area (Å²) in [6.07, 6.45) is 2.08. The van der Waals surface area contributed by atoms with E-state index in [4.69, 9.17) is 5.11 Å². The number of hydrogen-bond acceptors (Lipinski definition) is 1. The molecular weight excluding hydrogens is 207 g/mol. The Labute approximate surface area is 68.1 Å². The van der Waals surface area contributed by atoms with Crippen LogP contribution in [0.25, 0.3) is 0 Å². The van der Waals surface area contributed by atoms with E-state index in [-0.39, 0.29) is 25.8 Å². The SMILES string of the molecule is CCCCC(=O)O.[InH3]. The number of carboxylic acids is 1. The Hall–Kier alpha value is 0.340. The first-order valence-corrected chi connectivity index (χ1v) is 2.49. The van der Waals surface area contributed by atoms with Gasteiger partial charge in [0.2, 0.25) is 0 Å². The van der Waals surface area contributed by atoms with Crippen molar-refractivity contribution in [2.45, 2.75) is 26.2 Å². The van der Waals surface area contributed by atoms with Gasteiger partial charge in [0.15, 0.2) is 0 Å². The van der Waals surface area contributed by atoms with Crippen molar-refractivity contribution >= 4 is 31.8 Å². The third kappa shape index (κ3) is 9.60. The molecule has 0 fully saturated rings. The predicted octanol–water partition coefficient (Wildman–Crippen LogP) is 0.0773. The number of carbonyl (C=O) groups is 1. The molecule has 0 radical (unpaired) electrons. The molecule has 2 nitrogen and oxygen atoms in total. The van der Waals surface area contributed by atoms with Crippen LogP contribution < -0.4 is 0 Å². The predicted molar refractivity (Wildman–Crippen MR) is 37.1 cm³/mol. The fourth-order valence-electron chi connectivity index (χ4n) is 0.328. The Morgan fingerprint density at radius 2 is 2.12 bits per heavy atom. The Balaban J connectivity index is 0. The first-order chi connectivity index (χ1) is 3.27. The van der Waals surface area contributed by atoms with Crippen LogP contribution in [0.3, 0.4) is 0 Å². The summed E-state index contributed by atoms with van der Waals surface area (Å²) in [5, 5.41) is 8.04. The average Bonchev–Trinajstić information content (AvgIpc) is 1.61. The maximum atomic E-state index is 9.76. The molecule has 0 unspecified atom stereocenters. The molecular formula is C5H13InO2. The van der Waals surface area contributed by atoms with Gasteiger partial charge in [-0.05, 0) is 6.42 Å². The van der Waals surface area contributed by atoms with Crippen molar-refractivity contribution in [1.29, 1.82) is 0 Å². The first kappa shape index (κ1) is 11.2. The summed E-state index contributed by atoms with van der Waals surface area (Å²) in [6, 6.07) is 0. The van der Waals surface area contributed by atoms with Crippen LogP contribution in [0, 0.1) is 0 Å². The molecule has 48 valence electrons. The minimum atomic E-state index is -0.693. The molecule has 0 bridgehead atoms. The fourth-order valence-corrected chi connectivity index (χ4v) is 0.328. The summed E-state index contributed by atoms with van der Waals surface area (Å²) in [5.74, 6) is -0.693. The standard InChI is InChI=1S/C5H10O2.In.3H/c1-2-3-4-5(6)7;;;;/h2-4H2,1H3,(H,6,7);;;;.